The number of ether oxygens (including phenoxy) is 1. The van der Waals surface area contributed by atoms with E-state index in [2.05, 4.69) is 10.3 Å². The van der Waals surface area contributed by atoms with Crippen LogP contribution in [0.5, 0.6) is 0 Å². The fraction of sp³-hybridized carbons (Fsp3) is 0.500. The van der Waals surface area contributed by atoms with Crippen molar-refractivity contribution in [1.82, 2.24) is 4.98 Å². The van der Waals surface area contributed by atoms with Gasteiger partial charge in [0.1, 0.15) is 0 Å². The summed E-state index contributed by atoms with van der Waals surface area (Å²) < 4.78 is 5.76. The van der Waals surface area contributed by atoms with Crippen molar-refractivity contribution >= 4 is 40.1 Å². The van der Waals surface area contributed by atoms with Crippen LogP contribution < -0.4 is 5.32 Å². The molecule has 94 valence electrons. The minimum atomic E-state index is -0.355. The molecule has 1 N–H and O–H groups in total. The van der Waals surface area contributed by atoms with Gasteiger partial charge in [0.05, 0.1) is 23.4 Å². The number of thiazole rings is 1. The van der Waals surface area contributed by atoms with E-state index in [0.717, 1.165) is 4.21 Å². The predicted octanol–water partition coefficient (Wildman–Crippen LogP) is 2.15. The molecule has 0 unspecified atom stereocenters. The van der Waals surface area contributed by atoms with Crippen molar-refractivity contribution in [2.75, 3.05) is 18.2 Å². The summed E-state index contributed by atoms with van der Waals surface area (Å²) in [6.45, 7) is 2.07. The van der Waals surface area contributed by atoms with Gasteiger partial charge in [-0.2, -0.15) is 0 Å². The molecule has 17 heavy (non-hydrogen) atoms. The maximum Gasteiger partial charge on any atom is 0.306 e. The summed E-state index contributed by atoms with van der Waals surface area (Å²) in [6.07, 6.45) is 3.86. The molecule has 0 fully saturated rings. The van der Waals surface area contributed by atoms with Gasteiger partial charge in [0, 0.05) is 6.42 Å². The van der Waals surface area contributed by atoms with E-state index in [1.807, 2.05) is 6.26 Å². The number of rotatable bonds is 6. The van der Waals surface area contributed by atoms with Crippen LogP contribution in [0, 0.1) is 0 Å². The molecule has 7 heteroatoms. The molecule has 0 aliphatic carbocycles. The van der Waals surface area contributed by atoms with Crippen molar-refractivity contribution in [3.63, 3.8) is 0 Å². The third kappa shape index (κ3) is 5.18. The molecular weight excluding hydrogens is 260 g/mol. The second-order valence-electron chi connectivity index (χ2n) is 3.04. The van der Waals surface area contributed by atoms with Gasteiger partial charge in [-0.05, 0) is 13.2 Å². The Morgan fingerprint density at radius 2 is 2.29 bits per heavy atom. The average molecular weight is 274 g/mol. The maximum atomic E-state index is 11.5. The number of carbonyl (C=O) groups is 2. The van der Waals surface area contributed by atoms with E-state index in [0.29, 0.717) is 11.7 Å². The fourth-order valence-corrected chi connectivity index (χ4v) is 2.34. The van der Waals surface area contributed by atoms with Gasteiger partial charge in [-0.25, -0.2) is 4.98 Å². The second kappa shape index (κ2) is 7.29. The Hall–Kier alpha value is -1.08. The highest BCUT2D eigenvalue weighted by Crippen LogP contribution is 2.25. The Morgan fingerprint density at radius 1 is 1.53 bits per heavy atom. The molecule has 1 heterocycles. The lowest BCUT2D eigenvalue weighted by Crippen LogP contribution is -2.14. The number of anilines is 1. The molecule has 0 aliphatic rings. The van der Waals surface area contributed by atoms with E-state index in [1.165, 1.54) is 11.3 Å². The summed E-state index contributed by atoms with van der Waals surface area (Å²) in [6, 6.07) is 0. The Morgan fingerprint density at radius 3 is 2.88 bits per heavy atom. The maximum absolute atomic E-state index is 11.5. The molecule has 0 radical (unpaired) electrons. The van der Waals surface area contributed by atoms with Crippen molar-refractivity contribution in [2.45, 2.75) is 24.0 Å². The second-order valence-corrected chi connectivity index (χ2v) is 5.18. The lowest BCUT2D eigenvalue weighted by molar-refractivity contribution is -0.144. The van der Waals surface area contributed by atoms with Gasteiger partial charge in [0.15, 0.2) is 5.13 Å². The highest BCUT2D eigenvalue weighted by molar-refractivity contribution is 8.00. The van der Waals surface area contributed by atoms with Crippen molar-refractivity contribution in [1.29, 1.82) is 0 Å². The van der Waals surface area contributed by atoms with E-state index in [1.54, 1.807) is 24.9 Å². The molecular formula is C10H14N2O3S2. The highest BCUT2D eigenvalue weighted by atomic mass is 32.2. The lowest BCUT2D eigenvalue weighted by Gasteiger charge is -2.01. The third-order valence-corrected chi connectivity index (χ3v) is 3.76. The number of hydrogen-bond donors (Lipinski definition) is 1. The van der Waals surface area contributed by atoms with Crippen LogP contribution in [0.15, 0.2) is 10.4 Å². The topological polar surface area (TPSA) is 68.3 Å². The Kier molecular flexibility index (Phi) is 5.99. The molecule has 0 aliphatic heterocycles. The lowest BCUT2D eigenvalue weighted by atomic mass is 10.3. The smallest absolute Gasteiger partial charge is 0.306 e. The van der Waals surface area contributed by atoms with E-state index >= 15 is 0 Å². The van der Waals surface area contributed by atoms with Gasteiger partial charge < -0.3 is 10.1 Å². The molecule has 1 aromatic rings. The first-order valence-corrected chi connectivity index (χ1v) is 7.15. The SMILES string of the molecule is CCOC(=O)CCC(=O)Nc1ncc(SC)s1. The summed E-state index contributed by atoms with van der Waals surface area (Å²) in [7, 11) is 0. The van der Waals surface area contributed by atoms with E-state index in [4.69, 9.17) is 4.74 Å². The van der Waals surface area contributed by atoms with Crippen LogP contribution in [-0.2, 0) is 14.3 Å². The zero-order chi connectivity index (χ0) is 12.7. The van der Waals surface area contributed by atoms with Crippen LogP contribution in [0.4, 0.5) is 5.13 Å². The molecule has 5 nitrogen and oxygen atoms in total. The summed E-state index contributed by atoms with van der Waals surface area (Å²) in [5.74, 6) is -0.577. The Bertz CT molecular complexity index is 393. The van der Waals surface area contributed by atoms with Crippen LogP contribution in [0.25, 0.3) is 0 Å². The van der Waals surface area contributed by atoms with Gasteiger partial charge in [0.25, 0.3) is 0 Å². The van der Waals surface area contributed by atoms with E-state index in [-0.39, 0.29) is 24.7 Å². The van der Waals surface area contributed by atoms with Gasteiger partial charge in [-0.3, -0.25) is 9.59 Å². The van der Waals surface area contributed by atoms with Crippen LogP contribution in [0.1, 0.15) is 19.8 Å². The minimum absolute atomic E-state index is 0.0977. The van der Waals surface area contributed by atoms with E-state index < -0.39 is 0 Å². The van der Waals surface area contributed by atoms with Crippen LogP contribution >= 0.6 is 23.1 Å². The third-order valence-electron chi connectivity index (χ3n) is 1.79. The number of nitrogens with one attached hydrogen (secondary N) is 1. The summed E-state index contributed by atoms with van der Waals surface area (Å²) >= 11 is 2.98. The van der Waals surface area contributed by atoms with Gasteiger partial charge >= 0.3 is 5.97 Å². The zero-order valence-corrected chi connectivity index (χ0v) is 11.3. The number of nitrogens with zero attached hydrogens (tertiary/aromatic N) is 1. The van der Waals surface area contributed by atoms with Crippen LogP contribution in [0.2, 0.25) is 0 Å². The quantitative estimate of drug-likeness (QED) is 0.636. The van der Waals surface area contributed by atoms with Gasteiger partial charge in [-0.15, -0.1) is 11.8 Å². The number of hydrogen-bond acceptors (Lipinski definition) is 6. The van der Waals surface area contributed by atoms with E-state index in [9.17, 15) is 9.59 Å². The number of thioether (sulfide) groups is 1. The normalized spacial score (nSPS) is 10.0. The minimum Gasteiger partial charge on any atom is -0.466 e. The molecule has 1 amide bonds. The van der Waals surface area contributed by atoms with Gasteiger partial charge in [0.2, 0.25) is 5.91 Å². The predicted molar refractivity (Wildman–Crippen MR) is 68.4 cm³/mol. The molecule has 0 atom stereocenters. The molecule has 0 aromatic carbocycles. The van der Waals surface area contributed by atoms with Crippen molar-refractivity contribution in [3.05, 3.63) is 6.20 Å². The van der Waals surface area contributed by atoms with Gasteiger partial charge in [-0.1, -0.05) is 11.3 Å². The first-order valence-electron chi connectivity index (χ1n) is 5.11. The summed E-state index contributed by atoms with van der Waals surface area (Å²) in [5, 5.41) is 3.20. The van der Waals surface area contributed by atoms with Crippen LogP contribution in [0.3, 0.4) is 0 Å². The largest absolute Gasteiger partial charge is 0.466 e. The Balaban J connectivity index is 2.32. The molecule has 1 rings (SSSR count). The number of aromatic nitrogens is 1. The molecule has 0 spiro atoms. The number of esters is 1. The highest BCUT2D eigenvalue weighted by Gasteiger charge is 2.09. The fourth-order valence-electron chi connectivity index (χ4n) is 1.04. The van der Waals surface area contributed by atoms with Crippen LogP contribution in [-0.4, -0.2) is 29.7 Å². The zero-order valence-electron chi connectivity index (χ0n) is 9.69. The molecule has 1 aromatic heterocycles. The number of carbonyl (C=O) groups excluding carboxylic acids is 2. The average Bonchev–Trinajstić information content (AvgIpc) is 2.74. The first-order chi connectivity index (χ1) is 8.15. The molecule has 0 saturated carbocycles. The first kappa shape index (κ1) is 14.0. The van der Waals surface area contributed by atoms with Crippen molar-refractivity contribution in [2.24, 2.45) is 0 Å². The summed E-state index contributed by atoms with van der Waals surface area (Å²) in [4.78, 5) is 26.5. The number of amides is 1. The Labute approximate surface area is 108 Å². The standard InChI is InChI=1S/C10H14N2O3S2/c1-3-15-8(14)5-4-7(13)12-10-11-6-9(16-2)17-10/h6H,3-5H2,1-2H3,(H,11,12,13). The van der Waals surface area contributed by atoms with Crippen molar-refractivity contribution in [3.8, 4) is 0 Å². The molecule has 0 bridgehead atoms. The van der Waals surface area contributed by atoms with Crippen molar-refractivity contribution < 1.29 is 14.3 Å². The summed E-state index contributed by atoms with van der Waals surface area (Å²) in [5.41, 5.74) is 0. The molecule has 0 saturated heterocycles. The monoisotopic (exact) mass is 274 g/mol.